The van der Waals surface area contributed by atoms with Gasteiger partial charge in [-0.15, -0.1) is 11.6 Å². The Morgan fingerprint density at radius 3 is 1.08 bits per heavy atom. The summed E-state index contributed by atoms with van der Waals surface area (Å²) in [6.45, 7) is 8.64. The van der Waals surface area contributed by atoms with E-state index in [1.165, 1.54) is 0 Å². The third-order valence-corrected chi connectivity index (χ3v) is 4.49. The lowest BCUT2D eigenvalue weighted by molar-refractivity contribution is -0.0233. The van der Waals surface area contributed by atoms with Crippen molar-refractivity contribution >= 4 is 17.9 Å². The summed E-state index contributed by atoms with van der Waals surface area (Å²) in [7, 11) is 0. The van der Waals surface area contributed by atoms with Gasteiger partial charge in [0, 0.05) is 11.4 Å². The van der Waals surface area contributed by atoms with Crippen LogP contribution in [0.1, 0.15) is 10.4 Å². The first-order chi connectivity index (χ1) is 17.9. The van der Waals surface area contributed by atoms with Gasteiger partial charge in [0.15, 0.2) is 0 Å². The van der Waals surface area contributed by atoms with E-state index in [0.29, 0.717) is 130 Å². The maximum absolute atomic E-state index is 10.6. The van der Waals surface area contributed by atoms with Gasteiger partial charge in [-0.25, -0.2) is 0 Å². The number of carbonyl (C=O) groups excluding carboxylic acids is 1. The molecular formula is C25H41ClO10. The van der Waals surface area contributed by atoms with Gasteiger partial charge in [-0.3, -0.25) is 4.79 Å². The number of aldehydes is 1. The molecule has 208 valence electrons. The van der Waals surface area contributed by atoms with Gasteiger partial charge in [0.05, 0.1) is 106 Å². The summed E-state index contributed by atoms with van der Waals surface area (Å²) in [6.07, 6.45) is 0.798. The summed E-state index contributed by atoms with van der Waals surface area (Å²) in [5, 5.41) is 0. The molecule has 10 nitrogen and oxygen atoms in total. The molecule has 11 heteroatoms. The minimum Gasteiger partial charge on any atom is -0.491 e. The normalized spacial score (nSPS) is 11.1. The Labute approximate surface area is 219 Å². The molecule has 1 aromatic rings. The smallest absolute Gasteiger partial charge is 0.150 e. The number of halogens is 1. The molecule has 0 amide bonds. The Morgan fingerprint density at radius 1 is 0.472 bits per heavy atom. The summed E-state index contributed by atoms with van der Waals surface area (Å²) in [6, 6.07) is 6.93. The van der Waals surface area contributed by atoms with Crippen molar-refractivity contribution in [2.75, 3.05) is 118 Å². The highest BCUT2D eigenvalue weighted by molar-refractivity contribution is 6.17. The van der Waals surface area contributed by atoms with E-state index in [0.717, 1.165) is 6.29 Å². The zero-order valence-corrected chi connectivity index (χ0v) is 21.8. The number of carbonyl (C=O) groups is 1. The highest BCUT2D eigenvalue weighted by Gasteiger charge is 1.97. The highest BCUT2D eigenvalue weighted by Crippen LogP contribution is 2.10. The van der Waals surface area contributed by atoms with Crippen molar-refractivity contribution in [1.29, 1.82) is 0 Å². The number of alkyl halides is 1. The van der Waals surface area contributed by atoms with Gasteiger partial charge in [-0.05, 0) is 24.3 Å². The van der Waals surface area contributed by atoms with Crippen molar-refractivity contribution in [2.45, 2.75) is 0 Å². The second kappa shape index (κ2) is 26.7. The van der Waals surface area contributed by atoms with E-state index in [1.54, 1.807) is 24.3 Å². The first kappa shape index (κ1) is 32.7. The van der Waals surface area contributed by atoms with E-state index in [4.69, 9.17) is 54.2 Å². The second-order valence-corrected chi connectivity index (χ2v) is 7.50. The average Bonchev–Trinajstić information content (AvgIpc) is 2.91. The Balaban J connectivity index is 1.67. The van der Waals surface area contributed by atoms with Crippen LogP contribution in [0.25, 0.3) is 0 Å². The Kier molecular flexibility index (Phi) is 24.3. The molecule has 0 saturated heterocycles. The standard InChI is InChI=1S/C25H41ClO10/c26-5-6-28-7-8-29-9-10-30-11-12-31-13-14-32-15-16-33-17-18-34-19-20-35-21-22-36-25-3-1-24(23-27)2-4-25/h1-4,23H,5-22H2. The van der Waals surface area contributed by atoms with E-state index in [1.807, 2.05) is 0 Å². The molecule has 0 aromatic heterocycles. The average molecular weight is 537 g/mol. The molecule has 0 radical (unpaired) electrons. The minimum absolute atomic E-state index is 0.435. The molecule has 36 heavy (non-hydrogen) atoms. The fraction of sp³-hybridized carbons (Fsp3) is 0.720. The van der Waals surface area contributed by atoms with Crippen molar-refractivity contribution in [1.82, 2.24) is 0 Å². The lowest BCUT2D eigenvalue weighted by Gasteiger charge is -2.09. The van der Waals surface area contributed by atoms with Gasteiger partial charge in [-0.2, -0.15) is 0 Å². The Hall–Kier alpha value is -1.34. The van der Waals surface area contributed by atoms with Crippen LogP contribution in [0.3, 0.4) is 0 Å². The molecule has 0 bridgehead atoms. The van der Waals surface area contributed by atoms with Crippen LogP contribution < -0.4 is 4.74 Å². The van der Waals surface area contributed by atoms with Crippen LogP contribution >= 0.6 is 11.6 Å². The van der Waals surface area contributed by atoms with Crippen molar-refractivity contribution in [3.8, 4) is 5.75 Å². The van der Waals surface area contributed by atoms with Crippen LogP contribution in [0.15, 0.2) is 24.3 Å². The zero-order valence-electron chi connectivity index (χ0n) is 21.1. The third-order valence-electron chi connectivity index (χ3n) is 4.34. The number of hydrogen-bond acceptors (Lipinski definition) is 10. The molecule has 0 unspecified atom stereocenters. The summed E-state index contributed by atoms with van der Waals surface area (Å²) < 4.78 is 48.7. The summed E-state index contributed by atoms with van der Waals surface area (Å²) in [4.78, 5) is 10.6. The molecule has 1 rings (SSSR count). The summed E-state index contributed by atoms with van der Waals surface area (Å²) in [5.74, 6) is 1.20. The van der Waals surface area contributed by atoms with Gasteiger partial charge in [0.1, 0.15) is 18.6 Å². The van der Waals surface area contributed by atoms with Crippen LogP contribution in [-0.4, -0.2) is 124 Å². The Bertz CT molecular complexity index is 591. The van der Waals surface area contributed by atoms with Gasteiger partial charge in [0.25, 0.3) is 0 Å². The maximum atomic E-state index is 10.6. The molecule has 0 aliphatic carbocycles. The van der Waals surface area contributed by atoms with E-state index in [2.05, 4.69) is 0 Å². The van der Waals surface area contributed by atoms with Crippen LogP contribution in [0, 0.1) is 0 Å². The van der Waals surface area contributed by atoms with Gasteiger partial charge < -0.3 is 42.6 Å². The van der Waals surface area contributed by atoms with Gasteiger partial charge in [0.2, 0.25) is 0 Å². The van der Waals surface area contributed by atoms with Gasteiger partial charge >= 0.3 is 0 Å². The van der Waals surface area contributed by atoms with Crippen molar-refractivity contribution in [3.05, 3.63) is 29.8 Å². The number of rotatable bonds is 28. The number of ether oxygens (including phenoxy) is 9. The van der Waals surface area contributed by atoms with Crippen LogP contribution in [-0.2, 0) is 37.9 Å². The monoisotopic (exact) mass is 536 g/mol. The second-order valence-electron chi connectivity index (χ2n) is 7.12. The Morgan fingerprint density at radius 2 is 0.778 bits per heavy atom. The van der Waals surface area contributed by atoms with Crippen LogP contribution in [0.2, 0.25) is 0 Å². The molecule has 0 N–H and O–H groups in total. The fourth-order valence-electron chi connectivity index (χ4n) is 2.56. The fourth-order valence-corrected chi connectivity index (χ4v) is 2.67. The van der Waals surface area contributed by atoms with E-state index in [9.17, 15) is 4.79 Å². The highest BCUT2D eigenvalue weighted by atomic mass is 35.5. The number of hydrogen-bond donors (Lipinski definition) is 0. The molecule has 0 spiro atoms. The lowest BCUT2D eigenvalue weighted by atomic mass is 10.2. The van der Waals surface area contributed by atoms with Crippen molar-refractivity contribution < 1.29 is 47.4 Å². The van der Waals surface area contributed by atoms with Crippen molar-refractivity contribution in [2.24, 2.45) is 0 Å². The van der Waals surface area contributed by atoms with E-state index in [-0.39, 0.29) is 0 Å². The minimum atomic E-state index is 0.435. The summed E-state index contributed by atoms with van der Waals surface area (Å²) in [5.41, 5.74) is 0.620. The molecule has 0 atom stereocenters. The molecule has 0 fully saturated rings. The summed E-state index contributed by atoms with van der Waals surface area (Å²) >= 11 is 5.50. The topological polar surface area (TPSA) is 100 Å². The third kappa shape index (κ3) is 21.9. The first-order valence-electron chi connectivity index (χ1n) is 12.2. The van der Waals surface area contributed by atoms with E-state index < -0.39 is 0 Å². The largest absolute Gasteiger partial charge is 0.491 e. The van der Waals surface area contributed by atoms with Crippen LogP contribution in [0.4, 0.5) is 0 Å². The van der Waals surface area contributed by atoms with Crippen molar-refractivity contribution in [3.63, 3.8) is 0 Å². The van der Waals surface area contributed by atoms with E-state index >= 15 is 0 Å². The van der Waals surface area contributed by atoms with Crippen LogP contribution in [0.5, 0.6) is 5.75 Å². The predicted octanol–water partition coefficient (Wildman–Crippen LogP) is 2.25. The number of benzene rings is 1. The zero-order chi connectivity index (χ0) is 25.8. The van der Waals surface area contributed by atoms with Gasteiger partial charge in [-0.1, -0.05) is 0 Å². The maximum Gasteiger partial charge on any atom is 0.150 e. The molecular weight excluding hydrogens is 496 g/mol. The molecule has 0 saturated carbocycles. The molecule has 0 aliphatic heterocycles. The molecule has 0 heterocycles. The molecule has 0 aliphatic rings. The quantitative estimate of drug-likeness (QED) is 0.0900. The first-order valence-corrected chi connectivity index (χ1v) is 12.8. The molecule has 1 aromatic carbocycles. The lowest BCUT2D eigenvalue weighted by Crippen LogP contribution is -2.15. The SMILES string of the molecule is O=Cc1ccc(OCCOCCOCCOCCOCCOCCOCCOCCOCCCl)cc1. The predicted molar refractivity (Wildman–Crippen MR) is 135 cm³/mol.